The van der Waals surface area contributed by atoms with Crippen LogP contribution in [0.2, 0.25) is 0 Å². The van der Waals surface area contributed by atoms with Crippen LogP contribution in [0.15, 0.2) is 60.7 Å². The van der Waals surface area contributed by atoms with Gasteiger partial charge >= 0.3 is 5.97 Å². The van der Waals surface area contributed by atoms with E-state index in [-0.39, 0.29) is 6.61 Å². The molecule has 0 spiro atoms. The van der Waals surface area contributed by atoms with E-state index >= 15 is 0 Å². The Balaban J connectivity index is 1.64. The number of aryl methyl sites for hydroxylation is 2. The van der Waals surface area contributed by atoms with Gasteiger partial charge < -0.3 is 9.47 Å². The van der Waals surface area contributed by atoms with Crippen molar-refractivity contribution >= 4 is 16.7 Å². The van der Waals surface area contributed by atoms with Crippen LogP contribution in [-0.4, -0.2) is 12.6 Å². The fourth-order valence-electron chi connectivity index (χ4n) is 2.37. The standard InChI is InChI=1S/C20H18O3/c1-14-7-8-15(2)19(11-14)23-20(21)13-22-18-10-9-16-5-3-4-6-17(16)12-18/h3-12H,13H2,1-2H3. The van der Waals surface area contributed by atoms with Gasteiger partial charge in [0.1, 0.15) is 11.5 Å². The molecule has 0 aliphatic rings. The van der Waals surface area contributed by atoms with Gasteiger partial charge in [-0.25, -0.2) is 4.79 Å². The molecule has 3 heteroatoms. The summed E-state index contributed by atoms with van der Waals surface area (Å²) in [6.45, 7) is 3.75. The van der Waals surface area contributed by atoms with E-state index in [2.05, 4.69) is 0 Å². The van der Waals surface area contributed by atoms with Gasteiger partial charge in [0.2, 0.25) is 0 Å². The number of esters is 1. The van der Waals surface area contributed by atoms with E-state index in [1.807, 2.05) is 74.5 Å². The van der Waals surface area contributed by atoms with E-state index in [1.165, 1.54) is 0 Å². The normalized spacial score (nSPS) is 10.5. The fourth-order valence-corrected chi connectivity index (χ4v) is 2.37. The van der Waals surface area contributed by atoms with Crippen molar-refractivity contribution in [2.24, 2.45) is 0 Å². The molecule has 0 unspecified atom stereocenters. The molecule has 3 nitrogen and oxygen atoms in total. The van der Waals surface area contributed by atoms with Crippen LogP contribution in [0.4, 0.5) is 0 Å². The summed E-state index contributed by atoms with van der Waals surface area (Å²) in [6.07, 6.45) is 0. The zero-order valence-electron chi connectivity index (χ0n) is 13.2. The first-order chi connectivity index (χ1) is 11.1. The van der Waals surface area contributed by atoms with Crippen molar-refractivity contribution in [1.29, 1.82) is 0 Å². The van der Waals surface area contributed by atoms with Crippen LogP contribution in [0.3, 0.4) is 0 Å². The molecule has 3 aromatic carbocycles. The van der Waals surface area contributed by atoms with Gasteiger partial charge in [0, 0.05) is 0 Å². The van der Waals surface area contributed by atoms with E-state index in [0.29, 0.717) is 11.5 Å². The molecular weight excluding hydrogens is 288 g/mol. The molecule has 3 aromatic rings. The number of hydrogen-bond acceptors (Lipinski definition) is 3. The largest absolute Gasteiger partial charge is 0.482 e. The van der Waals surface area contributed by atoms with E-state index in [0.717, 1.165) is 21.9 Å². The van der Waals surface area contributed by atoms with Crippen LogP contribution >= 0.6 is 0 Å². The van der Waals surface area contributed by atoms with Gasteiger partial charge in [0.05, 0.1) is 0 Å². The minimum Gasteiger partial charge on any atom is -0.482 e. The van der Waals surface area contributed by atoms with Gasteiger partial charge in [0.25, 0.3) is 0 Å². The molecule has 116 valence electrons. The van der Waals surface area contributed by atoms with Crippen LogP contribution < -0.4 is 9.47 Å². The van der Waals surface area contributed by atoms with Crippen molar-refractivity contribution in [2.45, 2.75) is 13.8 Å². The number of rotatable bonds is 4. The molecule has 0 fully saturated rings. The monoisotopic (exact) mass is 306 g/mol. The first-order valence-corrected chi connectivity index (χ1v) is 7.51. The maximum atomic E-state index is 12.0. The predicted molar refractivity (Wildman–Crippen MR) is 91.0 cm³/mol. The van der Waals surface area contributed by atoms with Crippen molar-refractivity contribution < 1.29 is 14.3 Å². The lowest BCUT2D eigenvalue weighted by Crippen LogP contribution is -2.18. The van der Waals surface area contributed by atoms with Gasteiger partial charge in [-0.05, 0) is 53.9 Å². The van der Waals surface area contributed by atoms with Crippen LogP contribution in [0, 0.1) is 13.8 Å². The quantitative estimate of drug-likeness (QED) is 0.528. The topological polar surface area (TPSA) is 35.5 Å². The molecule has 0 saturated heterocycles. The lowest BCUT2D eigenvalue weighted by atomic mass is 10.1. The molecule has 3 rings (SSSR count). The third kappa shape index (κ3) is 3.69. The summed E-state index contributed by atoms with van der Waals surface area (Å²) in [5.41, 5.74) is 1.98. The minimum atomic E-state index is -0.410. The molecule has 0 radical (unpaired) electrons. The number of ether oxygens (including phenoxy) is 2. The zero-order valence-corrected chi connectivity index (χ0v) is 13.2. The molecule has 0 N–H and O–H groups in total. The summed E-state index contributed by atoms with van der Waals surface area (Å²) < 4.78 is 10.9. The molecule has 0 atom stereocenters. The molecule has 0 saturated carbocycles. The van der Waals surface area contributed by atoms with Gasteiger partial charge in [-0.3, -0.25) is 0 Å². The molecule has 0 bridgehead atoms. The highest BCUT2D eigenvalue weighted by atomic mass is 16.6. The van der Waals surface area contributed by atoms with E-state index < -0.39 is 5.97 Å². The van der Waals surface area contributed by atoms with Crippen molar-refractivity contribution in [2.75, 3.05) is 6.61 Å². The second kappa shape index (κ2) is 6.53. The number of hydrogen-bond donors (Lipinski definition) is 0. The first-order valence-electron chi connectivity index (χ1n) is 7.51. The number of carbonyl (C=O) groups excluding carboxylic acids is 1. The highest BCUT2D eigenvalue weighted by molar-refractivity contribution is 5.84. The average Bonchev–Trinajstić information content (AvgIpc) is 2.56. The van der Waals surface area contributed by atoms with E-state index in [1.54, 1.807) is 0 Å². The summed E-state index contributed by atoms with van der Waals surface area (Å²) in [5, 5.41) is 2.21. The Morgan fingerprint density at radius 2 is 1.70 bits per heavy atom. The highest BCUT2D eigenvalue weighted by Gasteiger charge is 2.09. The zero-order chi connectivity index (χ0) is 16.2. The average molecular weight is 306 g/mol. The summed E-state index contributed by atoms with van der Waals surface area (Å²) in [4.78, 5) is 12.0. The second-order valence-corrected chi connectivity index (χ2v) is 5.54. The number of carbonyl (C=O) groups is 1. The Bertz CT molecular complexity index is 852. The van der Waals surface area contributed by atoms with Gasteiger partial charge in [-0.2, -0.15) is 0 Å². The number of fused-ring (bicyclic) bond motifs is 1. The molecule has 23 heavy (non-hydrogen) atoms. The summed E-state index contributed by atoms with van der Waals surface area (Å²) >= 11 is 0. The first kappa shape index (κ1) is 15.1. The lowest BCUT2D eigenvalue weighted by Gasteiger charge is -2.10. The van der Waals surface area contributed by atoms with Crippen LogP contribution in [0.5, 0.6) is 11.5 Å². The Kier molecular flexibility index (Phi) is 4.29. The Labute approximate surface area is 135 Å². The van der Waals surface area contributed by atoms with Crippen molar-refractivity contribution in [1.82, 2.24) is 0 Å². The fraction of sp³-hybridized carbons (Fsp3) is 0.150. The van der Waals surface area contributed by atoms with E-state index in [9.17, 15) is 4.79 Å². The molecule has 0 amide bonds. The smallest absolute Gasteiger partial charge is 0.349 e. The van der Waals surface area contributed by atoms with Crippen molar-refractivity contribution in [3.63, 3.8) is 0 Å². The van der Waals surface area contributed by atoms with Crippen LogP contribution in [0.25, 0.3) is 10.8 Å². The summed E-state index contributed by atoms with van der Waals surface area (Å²) in [6, 6.07) is 19.5. The lowest BCUT2D eigenvalue weighted by molar-refractivity contribution is -0.136. The molecule has 0 aliphatic carbocycles. The maximum Gasteiger partial charge on any atom is 0.349 e. The summed E-state index contributed by atoms with van der Waals surface area (Å²) in [5.74, 6) is 0.825. The third-order valence-electron chi connectivity index (χ3n) is 3.65. The van der Waals surface area contributed by atoms with Gasteiger partial charge in [0.15, 0.2) is 6.61 Å². The van der Waals surface area contributed by atoms with E-state index in [4.69, 9.17) is 9.47 Å². The third-order valence-corrected chi connectivity index (χ3v) is 3.65. The van der Waals surface area contributed by atoms with Crippen LogP contribution in [-0.2, 0) is 4.79 Å². The van der Waals surface area contributed by atoms with Crippen LogP contribution in [0.1, 0.15) is 11.1 Å². The Morgan fingerprint density at radius 1 is 0.913 bits per heavy atom. The van der Waals surface area contributed by atoms with Gasteiger partial charge in [-0.1, -0.05) is 42.5 Å². The maximum absolute atomic E-state index is 12.0. The predicted octanol–water partition coefficient (Wildman–Crippen LogP) is 4.44. The minimum absolute atomic E-state index is 0.119. The molecular formula is C20H18O3. The Morgan fingerprint density at radius 3 is 2.52 bits per heavy atom. The van der Waals surface area contributed by atoms with Crippen molar-refractivity contribution in [3.8, 4) is 11.5 Å². The SMILES string of the molecule is Cc1ccc(C)c(OC(=O)COc2ccc3ccccc3c2)c1. The summed E-state index contributed by atoms with van der Waals surface area (Å²) in [7, 11) is 0. The van der Waals surface area contributed by atoms with Gasteiger partial charge in [-0.15, -0.1) is 0 Å². The molecule has 0 heterocycles. The molecule has 0 aromatic heterocycles. The Hall–Kier alpha value is -2.81. The number of benzene rings is 3. The highest BCUT2D eigenvalue weighted by Crippen LogP contribution is 2.21. The van der Waals surface area contributed by atoms with Crippen molar-refractivity contribution in [3.05, 3.63) is 71.8 Å². The second-order valence-electron chi connectivity index (χ2n) is 5.54. The molecule has 0 aliphatic heterocycles.